The van der Waals surface area contributed by atoms with Crippen LogP contribution in [0.1, 0.15) is 21.6 Å². The third kappa shape index (κ3) is 4.20. The molecule has 0 aliphatic rings. The molecule has 10 heteroatoms. The standard InChI is InChI=1S/C16H16F3N3O3S/c1-10-4-6-12(26(24,25)22(2)3)8-13(10)21-15(23)11-5-7-14(20-9-11)16(17,18)19/h4-9H,1-3H3,(H,21,23). The maximum Gasteiger partial charge on any atom is 0.433 e. The second kappa shape index (κ2) is 7.04. The predicted molar refractivity (Wildman–Crippen MR) is 89.2 cm³/mol. The SMILES string of the molecule is Cc1ccc(S(=O)(=O)N(C)C)cc1NC(=O)c1ccc(C(F)(F)F)nc1. The van der Waals surface area contributed by atoms with Gasteiger partial charge in [0.05, 0.1) is 10.5 Å². The van der Waals surface area contributed by atoms with Crippen molar-refractivity contribution in [2.24, 2.45) is 0 Å². The quantitative estimate of drug-likeness (QED) is 0.875. The Hall–Kier alpha value is -2.46. The summed E-state index contributed by atoms with van der Waals surface area (Å²) in [6.45, 7) is 1.66. The number of amides is 1. The summed E-state index contributed by atoms with van der Waals surface area (Å²) in [5.74, 6) is -0.700. The third-order valence-corrected chi connectivity index (χ3v) is 5.36. The van der Waals surface area contributed by atoms with Crippen molar-refractivity contribution in [3.63, 3.8) is 0 Å². The molecule has 0 fully saturated rings. The van der Waals surface area contributed by atoms with Crippen molar-refractivity contribution in [2.45, 2.75) is 18.0 Å². The summed E-state index contributed by atoms with van der Waals surface area (Å²) >= 11 is 0. The van der Waals surface area contributed by atoms with Crippen LogP contribution in [0, 0.1) is 6.92 Å². The molecule has 2 aromatic rings. The molecule has 0 radical (unpaired) electrons. The molecule has 0 aliphatic heterocycles. The minimum atomic E-state index is -4.60. The van der Waals surface area contributed by atoms with E-state index in [1.807, 2.05) is 0 Å². The Morgan fingerprint density at radius 2 is 1.81 bits per heavy atom. The number of anilines is 1. The van der Waals surface area contributed by atoms with Crippen molar-refractivity contribution in [3.8, 4) is 0 Å². The van der Waals surface area contributed by atoms with Gasteiger partial charge >= 0.3 is 6.18 Å². The van der Waals surface area contributed by atoms with Gasteiger partial charge in [-0.3, -0.25) is 9.78 Å². The number of aryl methyl sites for hydroxylation is 1. The topological polar surface area (TPSA) is 79.4 Å². The number of carbonyl (C=O) groups excluding carboxylic acids is 1. The first-order chi connectivity index (χ1) is 11.9. The number of sulfonamides is 1. The number of aromatic nitrogens is 1. The average Bonchev–Trinajstić information content (AvgIpc) is 2.55. The summed E-state index contributed by atoms with van der Waals surface area (Å²) in [5, 5.41) is 2.49. The zero-order valence-electron chi connectivity index (χ0n) is 14.1. The van der Waals surface area contributed by atoms with Crippen molar-refractivity contribution in [3.05, 3.63) is 53.3 Å². The minimum absolute atomic E-state index is 0.0195. The van der Waals surface area contributed by atoms with Crippen molar-refractivity contribution < 1.29 is 26.4 Å². The van der Waals surface area contributed by atoms with E-state index in [1.54, 1.807) is 6.92 Å². The van der Waals surface area contributed by atoms with Crippen LogP contribution in [0.4, 0.5) is 18.9 Å². The first-order valence-corrected chi connectivity index (χ1v) is 8.74. The van der Waals surface area contributed by atoms with Crippen LogP contribution in [0.15, 0.2) is 41.4 Å². The highest BCUT2D eigenvalue weighted by molar-refractivity contribution is 7.89. The van der Waals surface area contributed by atoms with Crippen molar-refractivity contribution in [2.75, 3.05) is 19.4 Å². The van der Waals surface area contributed by atoms with Gasteiger partial charge in [-0.15, -0.1) is 0 Å². The van der Waals surface area contributed by atoms with Gasteiger partial charge < -0.3 is 5.32 Å². The van der Waals surface area contributed by atoms with E-state index in [0.29, 0.717) is 11.6 Å². The van der Waals surface area contributed by atoms with Gasteiger partial charge in [-0.1, -0.05) is 6.07 Å². The monoisotopic (exact) mass is 387 g/mol. The molecule has 1 heterocycles. The molecule has 0 atom stereocenters. The molecule has 0 unspecified atom stereocenters. The summed E-state index contributed by atoms with van der Waals surface area (Å²) < 4.78 is 62.9. The highest BCUT2D eigenvalue weighted by atomic mass is 32.2. The fourth-order valence-electron chi connectivity index (χ4n) is 2.00. The van der Waals surface area contributed by atoms with Gasteiger partial charge in [0, 0.05) is 26.0 Å². The van der Waals surface area contributed by atoms with Crippen LogP contribution in [0.5, 0.6) is 0 Å². The Kier molecular flexibility index (Phi) is 5.38. The normalized spacial score (nSPS) is 12.3. The predicted octanol–water partition coefficient (Wildman–Crippen LogP) is 2.91. The first-order valence-electron chi connectivity index (χ1n) is 7.30. The zero-order valence-corrected chi connectivity index (χ0v) is 14.9. The van der Waals surface area contributed by atoms with Crippen molar-refractivity contribution in [1.29, 1.82) is 0 Å². The van der Waals surface area contributed by atoms with E-state index in [9.17, 15) is 26.4 Å². The number of carbonyl (C=O) groups is 1. The Balaban J connectivity index is 2.29. The number of nitrogens with zero attached hydrogens (tertiary/aromatic N) is 2. The lowest BCUT2D eigenvalue weighted by Crippen LogP contribution is -2.22. The molecule has 26 heavy (non-hydrogen) atoms. The molecule has 1 amide bonds. The Labute approximate surface area is 148 Å². The molecule has 0 saturated heterocycles. The lowest BCUT2D eigenvalue weighted by atomic mass is 10.2. The lowest BCUT2D eigenvalue weighted by molar-refractivity contribution is -0.141. The van der Waals surface area contributed by atoms with Crippen molar-refractivity contribution in [1.82, 2.24) is 9.29 Å². The number of nitrogens with one attached hydrogen (secondary N) is 1. The van der Waals surface area contributed by atoms with Crippen LogP contribution >= 0.6 is 0 Å². The van der Waals surface area contributed by atoms with Gasteiger partial charge in [-0.05, 0) is 36.8 Å². The molecule has 1 aromatic heterocycles. The molecular weight excluding hydrogens is 371 g/mol. The number of halogens is 3. The molecule has 1 N–H and O–H groups in total. The summed E-state index contributed by atoms with van der Waals surface area (Å²) in [4.78, 5) is 15.4. The van der Waals surface area contributed by atoms with Crippen LogP contribution in [-0.4, -0.2) is 37.7 Å². The van der Waals surface area contributed by atoms with E-state index in [4.69, 9.17) is 0 Å². The Morgan fingerprint density at radius 3 is 2.31 bits per heavy atom. The maximum atomic E-state index is 12.5. The van der Waals surface area contributed by atoms with E-state index in [1.165, 1.54) is 32.3 Å². The largest absolute Gasteiger partial charge is 0.433 e. The van der Waals surface area contributed by atoms with Crippen LogP contribution < -0.4 is 5.32 Å². The average molecular weight is 387 g/mol. The van der Waals surface area contributed by atoms with Gasteiger partial charge in [-0.25, -0.2) is 12.7 Å². The maximum absolute atomic E-state index is 12.5. The summed E-state index contributed by atoms with van der Waals surface area (Å²) in [6, 6.07) is 5.92. The van der Waals surface area contributed by atoms with Gasteiger partial charge in [0.1, 0.15) is 5.69 Å². The highest BCUT2D eigenvalue weighted by Gasteiger charge is 2.32. The fraction of sp³-hybridized carbons (Fsp3) is 0.250. The molecule has 1 aromatic carbocycles. The highest BCUT2D eigenvalue weighted by Crippen LogP contribution is 2.27. The van der Waals surface area contributed by atoms with Gasteiger partial charge in [0.25, 0.3) is 5.91 Å². The second-order valence-electron chi connectivity index (χ2n) is 5.65. The van der Waals surface area contributed by atoms with Crippen LogP contribution in [0.3, 0.4) is 0 Å². The van der Waals surface area contributed by atoms with Gasteiger partial charge in [0.15, 0.2) is 0 Å². The van der Waals surface area contributed by atoms with Gasteiger partial charge in [0.2, 0.25) is 10.0 Å². The first kappa shape index (κ1) is 19.9. The summed E-state index contributed by atoms with van der Waals surface area (Å²) in [7, 11) is -0.941. The van der Waals surface area contributed by atoms with Crippen LogP contribution in [-0.2, 0) is 16.2 Å². The van der Waals surface area contributed by atoms with Crippen molar-refractivity contribution >= 4 is 21.6 Å². The van der Waals surface area contributed by atoms with E-state index in [-0.39, 0.29) is 16.1 Å². The van der Waals surface area contributed by atoms with E-state index >= 15 is 0 Å². The molecule has 0 bridgehead atoms. The number of hydrogen-bond acceptors (Lipinski definition) is 4. The molecule has 0 aliphatic carbocycles. The summed E-state index contributed by atoms with van der Waals surface area (Å²) in [6.07, 6.45) is -3.78. The number of rotatable bonds is 4. The molecule has 140 valence electrons. The molecule has 0 spiro atoms. The van der Waals surface area contributed by atoms with Gasteiger partial charge in [-0.2, -0.15) is 13.2 Å². The lowest BCUT2D eigenvalue weighted by Gasteiger charge is -2.14. The van der Waals surface area contributed by atoms with Crippen LogP contribution in [0.25, 0.3) is 0 Å². The molecule has 2 rings (SSSR count). The zero-order chi connectivity index (χ0) is 19.7. The van der Waals surface area contributed by atoms with E-state index < -0.39 is 27.8 Å². The molecule has 6 nitrogen and oxygen atoms in total. The van der Waals surface area contributed by atoms with Crippen LogP contribution in [0.2, 0.25) is 0 Å². The Bertz CT molecular complexity index is 924. The molecule has 0 saturated carbocycles. The smallest absolute Gasteiger partial charge is 0.322 e. The Morgan fingerprint density at radius 1 is 1.15 bits per heavy atom. The fourth-order valence-corrected chi connectivity index (χ4v) is 2.93. The van der Waals surface area contributed by atoms with E-state index in [0.717, 1.165) is 16.6 Å². The number of benzene rings is 1. The number of pyridine rings is 1. The molecular formula is C16H16F3N3O3S. The third-order valence-electron chi connectivity index (χ3n) is 3.55. The number of alkyl halides is 3. The minimum Gasteiger partial charge on any atom is -0.322 e. The second-order valence-corrected chi connectivity index (χ2v) is 7.80. The number of hydrogen-bond donors (Lipinski definition) is 1. The summed E-state index contributed by atoms with van der Waals surface area (Å²) in [5.41, 5.74) is -0.365. The van der Waals surface area contributed by atoms with E-state index in [2.05, 4.69) is 10.3 Å².